The van der Waals surface area contributed by atoms with Gasteiger partial charge in [-0.2, -0.15) is 0 Å². The van der Waals surface area contributed by atoms with Crippen LogP contribution in [0.25, 0.3) is 0 Å². The number of nitrogens with zero attached hydrogens (tertiary/aromatic N) is 1. The molecular formula is C11H10N2O2S. The number of benzene rings is 1. The van der Waals surface area contributed by atoms with Gasteiger partial charge in [-0.1, -0.05) is 30.3 Å². The van der Waals surface area contributed by atoms with Gasteiger partial charge in [0.15, 0.2) is 5.11 Å². The van der Waals surface area contributed by atoms with E-state index in [1.807, 2.05) is 30.3 Å². The average molecular weight is 234 g/mol. The number of nitrogens with one attached hydrogen (secondary N) is 1. The molecule has 5 heteroatoms. The van der Waals surface area contributed by atoms with Crippen LogP contribution >= 0.6 is 12.2 Å². The fourth-order valence-corrected chi connectivity index (χ4v) is 1.98. The third kappa shape index (κ3) is 1.69. The van der Waals surface area contributed by atoms with Crippen LogP contribution in [0.1, 0.15) is 18.5 Å². The summed E-state index contributed by atoms with van der Waals surface area (Å²) in [6.07, 6.45) is 0. The first-order valence-electron chi connectivity index (χ1n) is 4.81. The van der Waals surface area contributed by atoms with Crippen LogP contribution in [0.5, 0.6) is 0 Å². The molecule has 1 aliphatic rings. The van der Waals surface area contributed by atoms with Crippen LogP contribution in [0.3, 0.4) is 0 Å². The number of amides is 2. The Balaban J connectivity index is 2.31. The van der Waals surface area contributed by atoms with Crippen LogP contribution in [-0.2, 0) is 9.59 Å². The number of rotatable bonds is 1. The van der Waals surface area contributed by atoms with Crippen molar-refractivity contribution in [2.75, 3.05) is 0 Å². The second-order valence-corrected chi connectivity index (χ2v) is 3.87. The molecule has 16 heavy (non-hydrogen) atoms. The molecular weight excluding hydrogens is 224 g/mol. The van der Waals surface area contributed by atoms with Gasteiger partial charge in [-0.3, -0.25) is 9.59 Å². The van der Waals surface area contributed by atoms with E-state index < -0.39 is 6.04 Å². The maximum Gasteiger partial charge on any atom is 0.262 e. The molecule has 1 atom stereocenters. The largest absolute Gasteiger partial charge is 0.346 e. The number of hydrogen-bond acceptors (Lipinski definition) is 3. The molecule has 4 nitrogen and oxygen atoms in total. The van der Waals surface area contributed by atoms with Gasteiger partial charge in [0.05, 0.1) is 0 Å². The van der Waals surface area contributed by atoms with E-state index in [1.54, 1.807) is 0 Å². The summed E-state index contributed by atoms with van der Waals surface area (Å²) in [6.45, 7) is 1.32. The van der Waals surface area contributed by atoms with Crippen molar-refractivity contribution in [2.24, 2.45) is 0 Å². The van der Waals surface area contributed by atoms with E-state index in [2.05, 4.69) is 5.32 Å². The van der Waals surface area contributed by atoms with Crippen molar-refractivity contribution in [3.8, 4) is 0 Å². The van der Waals surface area contributed by atoms with Crippen LogP contribution in [0.4, 0.5) is 0 Å². The van der Waals surface area contributed by atoms with Crippen LogP contribution in [0.15, 0.2) is 30.3 Å². The zero-order valence-corrected chi connectivity index (χ0v) is 9.45. The smallest absolute Gasteiger partial charge is 0.262 e. The van der Waals surface area contributed by atoms with Gasteiger partial charge in [-0.25, -0.2) is 4.90 Å². The molecule has 2 rings (SSSR count). The summed E-state index contributed by atoms with van der Waals surface area (Å²) in [5, 5.41) is 3.01. The molecule has 82 valence electrons. The summed E-state index contributed by atoms with van der Waals surface area (Å²) in [5.41, 5.74) is 0.804. The van der Waals surface area contributed by atoms with Crippen LogP contribution < -0.4 is 5.32 Å². The number of carbonyl (C=O) groups is 2. The number of carbonyl (C=O) groups excluding carboxylic acids is 2. The predicted octanol–water partition coefficient (Wildman–Crippen LogP) is 0.991. The van der Waals surface area contributed by atoms with Gasteiger partial charge in [0.1, 0.15) is 6.04 Å². The first-order valence-corrected chi connectivity index (χ1v) is 5.22. The van der Waals surface area contributed by atoms with Crippen LogP contribution in [-0.4, -0.2) is 21.8 Å². The lowest BCUT2D eigenvalue weighted by atomic mass is 10.1. The molecule has 0 saturated carbocycles. The predicted molar refractivity (Wildman–Crippen MR) is 62.4 cm³/mol. The Hall–Kier alpha value is -1.75. The SMILES string of the molecule is CC(=O)N1C(=O)[C@@H](c2ccccc2)NC1=S. The van der Waals surface area contributed by atoms with Crippen molar-refractivity contribution < 1.29 is 9.59 Å². The van der Waals surface area contributed by atoms with E-state index in [9.17, 15) is 9.59 Å². The highest BCUT2D eigenvalue weighted by molar-refractivity contribution is 7.80. The Labute approximate surface area is 98.2 Å². The molecule has 1 fully saturated rings. The highest BCUT2D eigenvalue weighted by atomic mass is 32.1. The topological polar surface area (TPSA) is 49.4 Å². The minimum absolute atomic E-state index is 0.173. The maximum absolute atomic E-state index is 11.9. The molecule has 0 aliphatic carbocycles. The Bertz CT molecular complexity index is 458. The number of thiocarbonyl (C=S) groups is 1. The quantitative estimate of drug-likeness (QED) is 0.736. The summed E-state index contributed by atoms with van der Waals surface area (Å²) >= 11 is 4.94. The standard InChI is InChI=1S/C11H10N2O2S/c1-7(14)13-10(15)9(12-11(13)16)8-5-3-2-4-6-8/h2-6,9H,1H3,(H,12,16)/t9-/m1/s1. The van der Waals surface area contributed by atoms with Gasteiger partial charge in [-0.15, -0.1) is 0 Å². The summed E-state index contributed by atoms with van der Waals surface area (Å²) in [5.74, 6) is -0.676. The van der Waals surface area contributed by atoms with E-state index in [-0.39, 0.29) is 16.9 Å². The zero-order chi connectivity index (χ0) is 11.7. The molecule has 0 unspecified atom stereocenters. The molecule has 1 N–H and O–H groups in total. The van der Waals surface area contributed by atoms with Crippen LogP contribution in [0, 0.1) is 0 Å². The third-order valence-corrected chi connectivity index (χ3v) is 2.69. The molecule has 1 aliphatic heterocycles. The zero-order valence-electron chi connectivity index (χ0n) is 8.64. The average Bonchev–Trinajstić information content (AvgIpc) is 2.55. The highest BCUT2D eigenvalue weighted by Gasteiger charge is 2.38. The third-order valence-electron chi connectivity index (χ3n) is 2.39. The van der Waals surface area contributed by atoms with Crippen molar-refractivity contribution in [2.45, 2.75) is 13.0 Å². The Morgan fingerprint density at radius 2 is 2.00 bits per heavy atom. The minimum Gasteiger partial charge on any atom is -0.346 e. The molecule has 2 amide bonds. The van der Waals surface area contributed by atoms with Crippen molar-refractivity contribution in [3.05, 3.63) is 35.9 Å². The van der Waals surface area contributed by atoms with E-state index in [1.165, 1.54) is 6.92 Å². The molecule has 1 saturated heterocycles. The lowest BCUT2D eigenvalue weighted by Gasteiger charge is -2.09. The van der Waals surface area contributed by atoms with Gasteiger partial charge in [-0.05, 0) is 17.8 Å². The monoisotopic (exact) mass is 234 g/mol. The summed E-state index contributed by atoms with van der Waals surface area (Å²) in [6, 6.07) is 8.64. The van der Waals surface area contributed by atoms with E-state index in [0.717, 1.165) is 10.5 Å². The van der Waals surface area contributed by atoms with Gasteiger partial charge in [0.25, 0.3) is 5.91 Å². The second-order valence-electron chi connectivity index (χ2n) is 3.49. The van der Waals surface area contributed by atoms with Crippen molar-refractivity contribution in [3.63, 3.8) is 0 Å². The molecule has 1 aromatic rings. The highest BCUT2D eigenvalue weighted by Crippen LogP contribution is 2.21. The summed E-state index contributed by atoms with van der Waals surface area (Å²) < 4.78 is 0. The number of imide groups is 1. The molecule has 0 bridgehead atoms. The summed E-state index contributed by atoms with van der Waals surface area (Å²) in [4.78, 5) is 24.1. The normalized spacial score (nSPS) is 19.8. The first-order chi connectivity index (χ1) is 7.61. The van der Waals surface area contributed by atoms with E-state index >= 15 is 0 Å². The number of hydrogen-bond donors (Lipinski definition) is 1. The maximum atomic E-state index is 11.9. The lowest BCUT2D eigenvalue weighted by molar-refractivity contribution is -0.137. The molecule has 1 aromatic carbocycles. The van der Waals surface area contributed by atoms with Crippen LogP contribution in [0.2, 0.25) is 0 Å². The molecule has 1 heterocycles. The molecule has 0 aromatic heterocycles. The summed E-state index contributed by atoms with van der Waals surface area (Å²) in [7, 11) is 0. The minimum atomic E-state index is -0.544. The van der Waals surface area contributed by atoms with Gasteiger partial charge in [0.2, 0.25) is 5.91 Å². The van der Waals surface area contributed by atoms with Gasteiger partial charge >= 0.3 is 0 Å². The molecule has 0 spiro atoms. The Morgan fingerprint density at radius 3 is 2.50 bits per heavy atom. The van der Waals surface area contributed by atoms with Gasteiger partial charge < -0.3 is 5.32 Å². The Morgan fingerprint density at radius 1 is 1.38 bits per heavy atom. The van der Waals surface area contributed by atoms with Crippen molar-refractivity contribution in [1.82, 2.24) is 10.2 Å². The fraction of sp³-hybridized carbons (Fsp3) is 0.182. The van der Waals surface area contributed by atoms with E-state index in [0.29, 0.717) is 0 Å². The van der Waals surface area contributed by atoms with Crippen molar-refractivity contribution >= 4 is 29.1 Å². The molecule has 0 radical (unpaired) electrons. The van der Waals surface area contributed by atoms with Crippen molar-refractivity contribution in [1.29, 1.82) is 0 Å². The second kappa shape index (κ2) is 4.02. The van der Waals surface area contributed by atoms with E-state index in [4.69, 9.17) is 12.2 Å². The van der Waals surface area contributed by atoms with Gasteiger partial charge in [0, 0.05) is 6.92 Å². The fourth-order valence-electron chi connectivity index (χ4n) is 1.65. The Kier molecular flexibility index (Phi) is 2.70. The lowest BCUT2D eigenvalue weighted by Crippen LogP contribution is -2.34. The first kappa shape index (κ1) is 10.8.